The first kappa shape index (κ1) is 22.0. The van der Waals surface area contributed by atoms with E-state index in [1.54, 1.807) is 24.3 Å². The molecule has 1 N–H and O–H groups in total. The maximum atomic E-state index is 12.5. The number of rotatable bonds is 7. The topological polar surface area (TPSA) is 75.7 Å². The van der Waals surface area contributed by atoms with Crippen LogP contribution in [0, 0.1) is 0 Å². The molecule has 3 rings (SSSR count). The van der Waals surface area contributed by atoms with E-state index < -0.39 is 17.8 Å². The number of carbonyl (C=O) groups is 3. The number of nitrogens with zero attached hydrogens (tertiary/aromatic N) is 1. The monoisotopic (exact) mass is 496 g/mol. The predicted octanol–water partition coefficient (Wildman–Crippen LogP) is 4.52. The molecule has 0 aromatic heterocycles. The van der Waals surface area contributed by atoms with Crippen LogP contribution in [0.1, 0.15) is 15.9 Å². The average Bonchev–Trinajstić information content (AvgIpc) is 2.96. The van der Waals surface area contributed by atoms with Gasteiger partial charge in [-0.3, -0.25) is 19.3 Å². The molecular formula is C20H15BrF2N2O4S. The fraction of sp³-hybridized carbons (Fsp3) is 0.150. The number of alkyl halides is 2. The van der Waals surface area contributed by atoms with Crippen LogP contribution in [0.3, 0.4) is 0 Å². The Morgan fingerprint density at radius 2 is 1.87 bits per heavy atom. The van der Waals surface area contributed by atoms with Gasteiger partial charge in [-0.1, -0.05) is 24.3 Å². The molecule has 3 amide bonds. The highest BCUT2D eigenvalue weighted by atomic mass is 79.9. The third-order valence-electron chi connectivity index (χ3n) is 4.02. The second kappa shape index (κ2) is 9.86. The minimum absolute atomic E-state index is 0.00366. The molecule has 0 unspecified atom stereocenters. The smallest absolute Gasteiger partial charge is 0.387 e. The van der Waals surface area contributed by atoms with Gasteiger partial charge < -0.3 is 10.1 Å². The summed E-state index contributed by atoms with van der Waals surface area (Å²) in [5.41, 5.74) is 1.01. The number of hydrogen-bond donors (Lipinski definition) is 1. The molecule has 1 aliphatic rings. The third-order valence-corrected chi connectivity index (χ3v) is 5.61. The molecule has 0 aliphatic carbocycles. The Morgan fingerprint density at radius 3 is 2.53 bits per heavy atom. The Labute approximate surface area is 183 Å². The van der Waals surface area contributed by atoms with Crippen LogP contribution in [0.4, 0.5) is 13.6 Å². The number of halogens is 3. The van der Waals surface area contributed by atoms with Crippen molar-refractivity contribution in [2.75, 3.05) is 13.1 Å². The summed E-state index contributed by atoms with van der Waals surface area (Å²) in [5.74, 6) is -0.805. The SMILES string of the molecule is O=C(NCCN1C(=O)S/C(=C\c2ccc(OC(F)F)cc2)C1=O)c1ccccc1Br. The van der Waals surface area contributed by atoms with Crippen LogP contribution < -0.4 is 10.1 Å². The Hall–Kier alpha value is -2.72. The maximum Gasteiger partial charge on any atom is 0.387 e. The predicted molar refractivity (Wildman–Crippen MR) is 112 cm³/mol. The van der Waals surface area contributed by atoms with Crippen molar-refractivity contribution in [2.45, 2.75) is 6.61 Å². The Balaban J connectivity index is 1.58. The molecule has 0 radical (unpaired) electrons. The summed E-state index contributed by atoms with van der Waals surface area (Å²) in [6, 6.07) is 12.6. The summed E-state index contributed by atoms with van der Waals surface area (Å²) in [6.07, 6.45) is 1.50. The molecule has 1 heterocycles. The highest BCUT2D eigenvalue weighted by Gasteiger charge is 2.34. The van der Waals surface area contributed by atoms with Crippen molar-refractivity contribution in [3.63, 3.8) is 0 Å². The van der Waals surface area contributed by atoms with E-state index in [9.17, 15) is 23.2 Å². The average molecular weight is 497 g/mol. The van der Waals surface area contributed by atoms with Gasteiger partial charge >= 0.3 is 6.61 Å². The van der Waals surface area contributed by atoms with Gasteiger partial charge in [-0.2, -0.15) is 8.78 Å². The van der Waals surface area contributed by atoms with E-state index in [4.69, 9.17) is 0 Å². The van der Waals surface area contributed by atoms with E-state index in [0.717, 1.165) is 16.7 Å². The van der Waals surface area contributed by atoms with Gasteiger partial charge in [-0.15, -0.1) is 0 Å². The number of ether oxygens (including phenoxy) is 1. The Kier molecular flexibility index (Phi) is 7.22. The zero-order chi connectivity index (χ0) is 21.7. The molecule has 2 aromatic rings. The third kappa shape index (κ3) is 5.45. The number of carbonyl (C=O) groups excluding carboxylic acids is 3. The Morgan fingerprint density at radius 1 is 1.17 bits per heavy atom. The highest BCUT2D eigenvalue weighted by molar-refractivity contribution is 9.10. The molecule has 0 spiro atoms. The molecule has 1 aliphatic heterocycles. The lowest BCUT2D eigenvalue weighted by Crippen LogP contribution is -2.37. The van der Waals surface area contributed by atoms with E-state index in [1.165, 1.54) is 30.3 Å². The molecule has 1 saturated heterocycles. The van der Waals surface area contributed by atoms with Crippen molar-refractivity contribution in [1.82, 2.24) is 10.2 Å². The largest absolute Gasteiger partial charge is 0.435 e. The van der Waals surface area contributed by atoms with Crippen molar-refractivity contribution in [3.05, 3.63) is 69.0 Å². The molecule has 0 atom stereocenters. The molecule has 2 aromatic carbocycles. The zero-order valence-electron chi connectivity index (χ0n) is 15.3. The van der Waals surface area contributed by atoms with Crippen LogP contribution in [-0.4, -0.2) is 41.7 Å². The van der Waals surface area contributed by atoms with Crippen molar-refractivity contribution in [3.8, 4) is 5.75 Å². The number of benzene rings is 2. The molecule has 0 bridgehead atoms. The first-order chi connectivity index (χ1) is 14.3. The van der Waals surface area contributed by atoms with Gasteiger partial charge in [-0.05, 0) is 63.6 Å². The number of imide groups is 1. The van der Waals surface area contributed by atoms with E-state index in [-0.39, 0.29) is 29.7 Å². The summed E-state index contributed by atoms with van der Waals surface area (Å²) >= 11 is 4.07. The Bertz CT molecular complexity index is 999. The number of nitrogens with one attached hydrogen (secondary N) is 1. The van der Waals surface area contributed by atoms with E-state index in [1.807, 2.05) is 0 Å². The minimum atomic E-state index is -2.92. The first-order valence-electron chi connectivity index (χ1n) is 8.68. The van der Waals surface area contributed by atoms with Crippen LogP contribution in [0.15, 0.2) is 57.9 Å². The fourth-order valence-corrected chi connectivity index (χ4v) is 3.94. The molecule has 6 nitrogen and oxygen atoms in total. The summed E-state index contributed by atoms with van der Waals surface area (Å²) < 4.78 is 29.3. The fourth-order valence-electron chi connectivity index (χ4n) is 2.61. The van der Waals surface area contributed by atoms with E-state index >= 15 is 0 Å². The van der Waals surface area contributed by atoms with Gasteiger partial charge in [0.15, 0.2) is 0 Å². The summed E-state index contributed by atoms with van der Waals surface area (Å²) in [6.45, 7) is -2.79. The van der Waals surface area contributed by atoms with Crippen LogP contribution >= 0.6 is 27.7 Å². The van der Waals surface area contributed by atoms with E-state index in [2.05, 4.69) is 26.0 Å². The van der Waals surface area contributed by atoms with Crippen LogP contribution in [0.25, 0.3) is 6.08 Å². The zero-order valence-corrected chi connectivity index (χ0v) is 17.7. The van der Waals surface area contributed by atoms with E-state index in [0.29, 0.717) is 15.6 Å². The first-order valence-corrected chi connectivity index (χ1v) is 10.3. The van der Waals surface area contributed by atoms with Crippen molar-refractivity contribution in [1.29, 1.82) is 0 Å². The highest BCUT2D eigenvalue weighted by Crippen LogP contribution is 2.32. The maximum absolute atomic E-state index is 12.5. The van der Waals surface area contributed by atoms with Crippen molar-refractivity contribution >= 4 is 50.8 Å². The molecule has 0 saturated carbocycles. The minimum Gasteiger partial charge on any atom is -0.435 e. The van der Waals surface area contributed by atoms with Crippen LogP contribution in [0.2, 0.25) is 0 Å². The molecule has 10 heteroatoms. The van der Waals surface area contributed by atoms with Crippen LogP contribution in [-0.2, 0) is 4.79 Å². The number of amides is 3. The van der Waals surface area contributed by atoms with Gasteiger partial charge in [0.2, 0.25) is 0 Å². The van der Waals surface area contributed by atoms with Crippen LogP contribution in [0.5, 0.6) is 5.75 Å². The number of thioether (sulfide) groups is 1. The quantitative estimate of drug-likeness (QED) is 0.570. The molecule has 1 fully saturated rings. The lowest BCUT2D eigenvalue weighted by Gasteiger charge is -2.13. The second-order valence-corrected chi connectivity index (χ2v) is 7.86. The van der Waals surface area contributed by atoms with Crippen molar-refractivity contribution < 1.29 is 27.9 Å². The summed E-state index contributed by atoms with van der Waals surface area (Å²) in [7, 11) is 0. The lowest BCUT2D eigenvalue weighted by atomic mass is 10.2. The molecular weight excluding hydrogens is 482 g/mol. The second-order valence-electron chi connectivity index (χ2n) is 6.02. The van der Waals surface area contributed by atoms with Gasteiger partial charge in [0, 0.05) is 17.6 Å². The molecule has 156 valence electrons. The lowest BCUT2D eigenvalue weighted by molar-refractivity contribution is -0.122. The van der Waals surface area contributed by atoms with Gasteiger partial charge in [0.25, 0.3) is 17.1 Å². The van der Waals surface area contributed by atoms with Crippen molar-refractivity contribution in [2.24, 2.45) is 0 Å². The summed E-state index contributed by atoms with van der Waals surface area (Å²) in [5, 5.41) is 2.23. The van der Waals surface area contributed by atoms with Gasteiger partial charge in [0.1, 0.15) is 5.75 Å². The van der Waals surface area contributed by atoms with Gasteiger partial charge in [0.05, 0.1) is 10.5 Å². The number of hydrogen-bond acceptors (Lipinski definition) is 5. The standard InChI is InChI=1S/C20H15BrF2N2O4S/c21-15-4-2-1-3-14(15)17(26)24-9-10-25-18(27)16(30-20(25)28)11-12-5-7-13(8-6-12)29-19(22)23/h1-8,11,19H,9-10H2,(H,24,26)/b16-11-. The molecule has 30 heavy (non-hydrogen) atoms. The normalized spacial score (nSPS) is 15.2. The summed E-state index contributed by atoms with van der Waals surface area (Å²) in [4.78, 5) is 38.1. The van der Waals surface area contributed by atoms with Gasteiger partial charge in [-0.25, -0.2) is 0 Å².